The summed E-state index contributed by atoms with van der Waals surface area (Å²) in [5.74, 6) is -4.75. The van der Waals surface area contributed by atoms with Crippen molar-refractivity contribution in [1.82, 2.24) is 19.9 Å². The molecular weight excluding hydrogens is 875 g/mol. The maximum absolute atomic E-state index is 14.2. The molecule has 0 fully saturated rings. The topological polar surface area (TPSA) is 334 Å². The Bertz CT molecular complexity index is 3150. The third kappa shape index (κ3) is 8.99. The second kappa shape index (κ2) is 15.7. The number of phenols is 1. The van der Waals surface area contributed by atoms with Crippen LogP contribution in [0.4, 0.5) is 64.6 Å². The molecule has 28 heteroatoms. The van der Waals surface area contributed by atoms with Crippen molar-refractivity contribution in [1.29, 1.82) is 0 Å². The zero-order valence-electron chi connectivity index (χ0n) is 28.9. The number of rotatable bonds is 11. The minimum absolute atomic E-state index is 0.0424. The van der Waals surface area contributed by atoms with Crippen LogP contribution >= 0.6 is 11.6 Å². The first kappa shape index (κ1) is 42.1. The van der Waals surface area contributed by atoms with Crippen LogP contribution in [0.3, 0.4) is 0 Å². The van der Waals surface area contributed by atoms with Crippen molar-refractivity contribution < 1.29 is 57.2 Å². The number of aryl methyl sites for hydroxylation is 1. The Balaban J connectivity index is 1.48. The number of halogens is 4. The van der Waals surface area contributed by atoms with Gasteiger partial charge in [-0.1, -0.05) is 11.6 Å². The van der Waals surface area contributed by atoms with E-state index in [1.807, 2.05) is 0 Å². The largest absolute Gasteiger partial charge is 0.505 e. The van der Waals surface area contributed by atoms with Crippen molar-refractivity contribution in [2.75, 3.05) is 16.4 Å². The van der Waals surface area contributed by atoms with Gasteiger partial charge in [0.15, 0.2) is 17.4 Å². The van der Waals surface area contributed by atoms with Crippen molar-refractivity contribution in [3.63, 3.8) is 0 Å². The van der Waals surface area contributed by atoms with Crippen molar-refractivity contribution in [3.05, 3.63) is 89.5 Å². The monoisotopic (exact) mass is 895 g/mol. The fraction of sp³-hybridized carbons (Fsp3) is 0.0323. The number of nitrogen functional groups attached to an aromatic ring is 1. The highest BCUT2D eigenvalue weighted by Gasteiger charge is 2.26. The van der Waals surface area contributed by atoms with E-state index in [-0.39, 0.29) is 33.2 Å². The minimum atomic E-state index is -5.22. The maximum Gasteiger partial charge on any atom is 0.310 e. The molecule has 6 aromatic rings. The van der Waals surface area contributed by atoms with E-state index in [4.69, 9.17) is 17.3 Å². The second-order valence-electron chi connectivity index (χ2n) is 11.7. The summed E-state index contributed by atoms with van der Waals surface area (Å²) >= 11 is 5.99. The average Bonchev–Trinajstić information content (AvgIpc) is 3.13. The predicted octanol–water partition coefficient (Wildman–Crippen LogP) is 7.14. The van der Waals surface area contributed by atoms with Gasteiger partial charge >= 0.3 is 6.08 Å². The molecule has 0 amide bonds. The van der Waals surface area contributed by atoms with Gasteiger partial charge in [0.05, 0.1) is 17.3 Å². The molecular formula is C31H21ClF3N11O10S3. The van der Waals surface area contributed by atoms with Crippen molar-refractivity contribution in [2.24, 2.45) is 20.5 Å². The summed E-state index contributed by atoms with van der Waals surface area (Å²) in [5.41, 5.74) is 2.86. The van der Waals surface area contributed by atoms with Gasteiger partial charge in [-0.3, -0.25) is 13.7 Å². The quantitative estimate of drug-likeness (QED) is 0.0223. The molecule has 2 heterocycles. The molecule has 2 aromatic heterocycles. The number of hydrogen-bond acceptors (Lipinski definition) is 18. The first-order valence-corrected chi connectivity index (χ1v) is 20.2. The summed E-state index contributed by atoms with van der Waals surface area (Å²) in [6.07, 6.45) is 0.442. The van der Waals surface area contributed by atoms with Crippen LogP contribution in [-0.2, 0) is 30.4 Å². The Kier molecular flexibility index (Phi) is 11.2. The van der Waals surface area contributed by atoms with Gasteiger partial charge < -0.3 is 21.5 Å². The fourth-order valence-electron chi connectivity index (χ4n) is 5.23. The van der Waals surface area contributed by atoms with Gasteiger partial charge in [-0.2, -0.15) is 43.4 Å². The fourth-order valence-corrected chi connectivity index (χ4v) is 7.25. The lowest BCUT2D eigenvalue weighted by Crippen LogP contribution is -2.03. The van der Waals surface area contributed by atoms with E-state index < -0.39 is 108 Å². The summed E-state index contributed by atoms with van der Waals surface area (Å²) in [6.45, 7) is 1.35. The Labute approximate surface area is 333 Å². The molecule has 59 heavy (non-hydrogen) atoms. The zero-order valence-corrected chi connectivity index (χ0v) is 32.1. The van der Waals surface area contributed by atoms with Crippen LogP contribution in [0.2, 0.25) is 5.02 Å². The molecule has 0 atom stereocenters. The van der Waals surface area contributed by atoms with E-state index in [0.29, 0.717) is 6.33 Å². The molecule has 6 rings (SSSR count). The molecule has 4 aromatic carbocycles. The van der Waals surface area contributed by atoms with E-state index in [0.717, 1.165) is 48.7 Å². The molecule has 0 aliphatic carbocycles. The van der Waals surface area contributed by atoms with E-state index in [1.165, 1.54) is 13.0 Å². The summed E-state index contributed by atoms with van der Waals surface area (Å²) < 4.78 is 145. The van der Waals surface area contributed by atoms with E-state index >= 15 is 0 Å². The number of fused-ring (bicyclic) bond motifs is 1. The van der Waals surface area contributed by atoms with Crippen LogP contribution in [0.25, 0.3) is 10.8 Å². The van der Waals surface area contributed by atoms with Crippen LogP contribution in [-0.4, -0.2) is 64.0 Å². The molecule has 0 radical (unpaired) electrons. The molecule has 0 aliphatic rings. The first-order valence-electron chi connectivity index (χ1n) is 15.5. The molecule has 21 nitrogen and oxygen atoms in total. The summed E-state index contributed by atoms with van der Waals surface area (Å²) in [7, 11) is -15.3. The van der Waals surface area contributed by atoms with E-state index in [9.17, 15) is 57.2 Å². The number of nitrogens with one attached hydrogen (secondary N) is 2. The van der Waals surface area contributed by atoms with Crippen LogP contribution in [0, 0.1) is 24.8 Å². The highest BCUT2D eigenvalue weighted by molar-refractivity contribution is 7.86. The Morgan fingerprint density at radius 3 is 1.81 bits per heavy atom. The molecule has 306 valence electrons. The van der Waals surface area contributed by atoms with Crippen LogP contribution in [0.1, 0.15) is 5.56 Å². The Morgan fingerprint density at radius 1 is 0.712 bits per heavy atom. The lowest BCUT2D eigenvalue weighted by Gasteiger charge is -2.14. The second-order valence-corrected chi connectivity index (χ2v) is 16.3. The van der Waals surface area contributed by atoms with Crippen molar-refractivity contribution >= 4 is 104 Å². The number of azo groups is 2. The molecule has 0 spiro atoms. The van der Waals surface area contributed by atoms with Gasteiger partial charge in [-0.25, -0.2) is 15.0 Å². The minimum Gasteiger partial charge on any atom is -0.505 e. The number of anilines is 5. The van der Waals surface area contributed by atoms with Gasteiger partial charge in [0.2, 0.25) is 5.82 Å². The highest BCUT2D eigenvalue weighted by Crippen LogP contribution is 2.47. The average molecular weight is 896 g/mol. The van der Waals surface area contributed by atoms with Crippen LogP contribution < -0.4 is 16.4 Å². The number of hydrogen-bond donors (Lipinski definition) is 7. The van der Waals surface area contributed by atoms with Gasteiger partial charge in [-0.15, -0.1) is 20.5 Å². The molecule has 0 aliphatic heterocycles. The Morgan fingerprint density at radius 2 is 1.25 bits per heavy atom. The van der Waals surface area contributed by atoms with Crippen molar-refractivity contribution in [3.8, 4) is 5.75 Å². The van der Waals surface area contributed by atoms with Crippen LogP contribution in [0.15, 0.2) is 96.2 Å². The summed E-state index contributed by atoms with van der Waals surface area (Å²) in [5, 5.41) is 30.9. The normalized spacial score (nSPS) is 12.5. The molecule has 0 bridgehead atoms. The molecule has 8 N–H and O–H groups in total. The SMILES string of the molecule is Cc1cc2cc(S(=O)(=O)O)c(N=Nc3cc(Nc4nc(F)ncc4Cl)ccc3S(=O)(=O)O)c(N)c2c(O)c1N=Nc1cc(Nc2ncnc(F)c2F)ccc1S(=O)(=O)O. The van der Waals surface area contributed by atoms with E-state index in [2.05, 4.69) is 51.0 Å². The van der Waals surface area contributed by atoms with Gasteiger partial charge in [0.1, 0.15) is 48.8 Å². The van der Waals surface area contributed by atoms with Crippen molar-refractivity contribution in [2.45, 2.75) is 21.6 Å². The smallest absolute Gasteiger partial charge is 0.310 e. The van der Waals surface area contributed by atoms with Gasteiger partial charge in [0, 0.05) is 11.4 Å². The zero-order chi connectivity index (χ0) is 43.2. The number of phenolic OH excluding ortho intramolecular Hbond substituents is 1. The maximum atomic E-state index is 14.2. The standard InChI is InChI=1S/C31H21ClF3N11O10S3/c1-12-6-13-7-21(59(54,55)56)26(46-44-18-8-14(2-4-20(18)58(51,52)53)40-29-16(32)10-37-31(35)42-29)24(36)22(13)27(47)25(12)45-43-17-9-15(3-5-19(17)57(48,49)50)41-30-23(33)28(34)38-11-39-30/h2-11,47H,36H2,1H3,(H,37,40,42)(H,38,39,41)(H,48,49,50)(H,51,52,53)(H,54,55,56). The van der Waals surface area contributed by atoms with Crippen LogP contribution in [0.5, 0.6) is 5.75 Å². The third-order valence-corrected chi connectivity index (χ3v) is 10.7. The molecule has 0 unspecified atom stereocenters. The Hall–Kier alpha value is -6.49. The summed E-state index contributed by atoms with van der Waals surface area (Å²) in [6, 6.07) is 7.73. The van der Waals surface area contributed by atoms with E-state index in [1.54, 1.807) is 0 Å². The van der Waals surface area contributed by atoms with Gasteiger partial charge in [0.25, 0.3) is 36.3 Å². The van der Waals surface area contributed by atoms with Gasteiger partial charge in [-0.05, 0) is 66.4 Å². The number of nitrogens with zero attached hydrogens (tertiary/aromatic N) is 8. The summed E-state index contributed by atoms with van der Waals surface area (Å²) in [4.78, 5) is 10.7. The third-order valence-electron chi connectivity index (χ3n) is 7.79. The number of nitrogens with two attached hydrogens (primary N) is 1. The number of aromatic hydroxyl groups is 1. The predicted molar refractivity (Wildman–Crippen MR) is 201 cm³/mol. The molecule has 0 saturated heterocycles. The lowest BCUT2D eigenvalue weighted by molar-refractivity contribution is 0.476. The highest BCUT2D eigenvalue weighted by atomic mass is 35.5. The number of aromatic nitrogens is 4. The lowest BCUT2D eigenvalue weighted by atomic mass is 10.0. The number of benzene rings is 4. The first-order chi connectivity index (χ1) is 27.5. The molecule has 0 saturated carbocycles.